The summed E-state index contributed by atoms with van der Waals surface area (Å²) in [4.78, 5) is 0. The molecule has 5 aromatic carbocycles. The van der Waals surface area contributed by atoms with Crippen LogP contribution in [0.15, 0.2) is 108 Å². The van der Waals surface area contributed by atoms with E-state index in [0.717, 1.165) is 44.2 Å². The van der Waals surface area contributed by atoms with Crippen LogP contribution in [0.4, 0.5) is 0 Å². The molecule has 0 spiro atoms. The van der Waals surface area contributed by atoms with Crippen molar-refractivity contribution in [2.45, 2.75) is 0 Å². The molecule has 0 saturated carbocycles. The summed E-state index contributed by atoms with van der Waals surface area (Å²) in [5.41, 5.74) is 6.90. The summed E-state index contributed by atoms with van der Waals surface area (Å²) in [5.74, 6) is 0. The Labute approximate surface area is 179 Å². The first-order valence-electron chi connectivity index (χ1n) is 10.3. The molecule has 1 aromatic heterocycles. The predicted molar refractivity (Wildman–Crippen MR) is 127 cm³/mol. The van der Waals surface area contributed by atoms with Gasteiger partial charge in [0.2, 0.25) is 0 Å². The van der Waals surface area contributed by atoms with Crippen LogP contribution in [0, 0.1) is 11.3 Å². The molecule has 0 aliphatic rings. The molecule has 144 valence electrons. The van der Waals surface area contributed by atoms with Crippen molar-refractivity contribution in [3.8, 4) is 28.3 Å². The normalized spacial score (nSPS) is 11.2. The third-order valence-electron chi connectivity index (χ3n) is 5.88. The zero-order chi connectivity index (χ0) is 20.8. The molecule has 1 heterocycles. The zero-order valence-electron chi connectivity index (χ0n) is 16.7. The Hall–Kier alpha value is -4.35. The number of hydrogen-bond donors (Lipinski definition) is 0. The van der Waals surface area contributed by atoms with Crippen LogP contribution in [0.3, 0.4) is 0 Å². The Kier molecular flexibility index (Phi) is 3.88. The van der Waals surface area contributed by atoms with Gasteiger partial charge >= 0.3 is 0 Å². The molecular weight excluding hydrogens is 378 g/mol. The Morgan fingerprint density at radius 3 is 2.16 bits per heavy atom. The number of para-hydroxylation sites is 2. The quantitative estimate of drug-likeness (QED) is 0.298. The molecule has 0 aliphatic heterocycles. The molecule has 2 heteroatoms. The highest BCUT2D eigenvalue weighted by Gasteiger charge is 2.12. The second-order valence-electron chi connectivity index (χ2n) is 7.75. The van der Waals surface area contributed by atoms with Crippen LogP contribution < -0.4 is 0 Å². The van der Waals surface area contributed by atoms with Crippen molar-refractivity contribution in [2.24, 2.45) is 0 Å². The lowest BCUT2D eigenvalue weighted by Gasteiger charge is -2.08. The molecule has 0 atom stereocenters. The predicted octanol–water partition coefficient (Wildman–Crippen LogP) is 7.94. The van der Waals surface area contributed by atoms with Gasteiger partial charge in [0.1, 0.15) is 11.2 Å². The lowest BCUT2D eigenvalue weighted by atomic mass is 9.96. The monoisotopic (exact) mass is 395 g/mol. The van der Waals surface area contributed by atoms with E-state index < -0.39 is 0 Å². The maximum absolute atomic E-state index is 9.18. The Balaban J connectivity index is 1.48. The van der Waals surface area contributed by atoms with Gasteiger partial charge in [-0.25, -0.2) is 0 Å². The van der Waals surface area contributed by atoms with Crippen LogP contribution in [0.5, 0.6) is 0 Å². The molecule has 0 amide bonds. The Morgan fingerprint density at radius 2 is 1.29 bits per heavy atom. The molecule has 31 heavy (non-hydrogen) atoms. The molecule has 0 fully saturated rings. The van der Waals surface area contributed by atoms with E-state index in [2.05, 4.69) is 66.7 Å². The summed E-state index contributed by atoms with van der Waals surface area (Å²) in [5, 5.41) is 13.8. The van der Waals surface area contributed by atoms with Gasteiger partial charge in [-0.3, -0.25) is 0 Å². The number of benzene rings is 5. The van der Waals surface area contributed by atoms with Gasteiger partial charge in [-0.15, -0.1) is 0 Å². The number of nitrogens with zero attached hydrogens (tertiary/aromatic N) is 1. The van der Waals surface area contributed by atoms with Crippen molar-refractivity contribution in [3.05, 3.63) is 109 Å². The summed E-state index contributed by atoms with van der Waals surface area (Å²) in [6, 6.07) is 37.4. The molecule has 0 unspecified atom stereocenters. The average molecular weight is 395 g/mol. The first kappa shape index (κ1) is 17.5. The second-order valence-corrected chi connectivity index (χ2v) is 7.75. The summed E-state index contributed by atoms with van der Waals surface area (Å²) < 4.78 is 6.22. The van der Waals surface area contributed by atoms with Gasteiger partial charge in [0.15, 0.2) is 0 Å². The van der Waals surface area contributed by atoms with Crippen LogP contribution in [0.1, 0.15) is 5.56 Å². The topological polar surface area (TPSA) is 36.9 Å². The molecule has 0 radical (unpaired) electrons. The van der Waals surface area contributed by atoms with Crippen LogP contribution in [0.2, 0.25) is 0 Å². The van der Waals surface area contributed by atoms with Gasteiger partial charge in [0.05, 0.1) is 11.6 Å². The van der Waals surface area contributed by atoms with Crippen LogP contribution in [-0.2, 0) is 0 Å². The maximum Gasteiger partial charge on any atom is 0.143 e. The van der Waals surface area contributed by atoms with Crippen molar-refractivity contribution in [3.63, 3.8) is 0 Å². The standard InChI is InChI=1S/C29H17NO/c30-18-19-5-3-6-20(15-19)21-11-12-23-17-24(14-13-22(23)16-21)25-8-4-9-27-26-7-1-2-10-28(26)31-29(25)27/h1-17H. The van der Waals surface area contributed by atoms with E-state index in [1.54, 1.807) is 0 Å². The minimum atomic E-state index is 0.673. The third kappa shape index (κ3) is 2.87. The summed E-state index contributed by atoms with van der Waals surface area (Å²) in [6.45, 7) is 0. The third-order valence-corrected chi connectivity index (χ3v) is 5.88. The van der Waals surface area contributed by atoms with Crippen molar-refractivity contribution in [1.82, 2.24) is 0 Å². The highest BCUT2D eigenvalue weighted by molar-refractivity contribution is 6.10. The van der Waals surface area contributed by atoms with E-state index >= 15 is 0 Å². The minimum Gasteiger partial charge on any atom is -0.455 e. The largest absolute Gasteiger partial charge is 0.455 e. The smallest absolute Gasteiger partial charge is 0.143 e. The van der Waals surface area contributed by atoms with E-state index in [4.69, 9.17) is 4.42 Å². The minimum absolute atomic E-state index is 0.673. The average Bonchev–Trinajstić information content (AvgIpc) is 3.22. The molecule has 6 rings (SSSR count). The van der Waals surface area contributed by atoms with Crippen molar-refractivity contribution >= 4 is 32.7 Å². The number of furan rings is 1. The van der Waals surface area contributed by atoms with Crippen molar-refractivity contribution in [1.29, 1.82) is 5.26 Å². The number of hydrogen-bond acceptors (Lipinski definition) is 2. The molecule has 0 saturated heterocycles. The second kappa shape index (κ2) is 6.86. The molecule has 0 bridgehead atoms. The summed E-state index contributed by atoms with van der Waals surface area (Å²) in [7, 11) is 0. The first-order valence-corrected chi connectivity index (χ1v) is 10.3. The van der Waals surface area contributed by atoms with E-state index in [-0.39, 0.29) is 0 Å². The lowest BCUT2D eigenvalue weighted by Crippen LogP contribution is -1.83. The summed E-state index contributed by atoms with van der Waals surface area (Å²) in [6.07, 6.45) is 0. The van der Waals surface area contributed by atoms with E-state index in [0.29, 0.717) is 5.56 Å². The first-order chi connectivity index (χ1) is 15.3. The molecular formula is C29H17NO. The zero-order valence-corrected chi connectivity index (χ0v) is 16.7. The highest BCUT2D eigenvalue weighted by Crippen LogP contribution is 2.37. The number of nitriles is 1. The lowest BCUT2D eigenvalue weighted by molar-refractivity contribution is 0.670. The number of fused-ring (bicyclic) bond motifs is 4. The van der Waals surface area contributed by atoms with Gasteiger partial charge in [0.25, 0.3) is 0 Å². The fourth-order valence-electron chi connectivity index (χ4n) is 4.34. The Bertz CT molecular complexity index is 1650. The number of rotatable bonds is 2. The highest BCUT2D eigenvalue weighted by atomic mass is 16.3. The van der Waals surface area contributed by atoms with E-state index in [1.807, 2.05) is 42.5 Å². The maximum atomic E-state index is 9.18. The molecule has 0 aliphatic carbocycles. The van der Waals surface area contributed by atoms with Gasteiger partial charge in [-0.05, 0) is 57.8 Å². The van der Waals surface area contributed by atoms with Crippen molar-refractivity contribution in [2.75, 3.05) is 0 Å². The molecule has 0 N–H and O–H groups in total. The van der Waals surface area contributed by atoms with E-state index in [1.165, 1.54) is 10.8 Å². The summed E-state index contributed by atoms with van der Waals surface area (Å²) >= 11 is 0. The SMILES string of the molecule is N#Cc1cccc(-c2ccc3cc(-c4cccc5c4oc4ccccc45)ccc3c2)c1. The van der Waals surface area contributed by atoms with Crippen LogP contribution in [0.25, 0.3) is 55.0 Å². The van der Waals surface area contributed by atoms with Gasteiger partial charge < -0.3 is 4.42 Å². The molecule has 6 aromatic rings. The fourth-order valence-corrected chi connectivity index (χ4v) is 4.34. The van der Waals surface area contributed by atoms with Gasteiger partial charge in [-0.2, -0.15) is 5.26 Å². The van der Waals surface area contributed by atoms with E-state index in [9.17, 15) is 5.26 Å². The van der Waals surface area contributed by atoms with Gasteiger partial charge in [-0.1, -0.05) is 72.8 Å². The Morgan fingerprint density at radius 1 is 0.581 bits per heavy atom. The van der Waals surface area contributed by atoms with Crippen LogP contribution >= 0.6 is 0 Å². The molecule has 2 nitrogen and oxygen atoms in total. The van der Waals surface area contributed by atoms with Gasteiger partial charge in [0, 0.05) is 16.3 Å². The fraction of sp³-hybridized carbons (Fsp3) is 0. The van der Waals surface area contributed by atoms with Crippen molar-refractivity contribution < 1.29 is 4.42 Å². The van der Waals surface area contributed by atoms with Crippen LogP contribution in [-0.4, -0.2) is 0 Å².